The van der Waals surface area contributed by atoms with Gasteiger partial charge < -0.3 is 24.7 Å². The van der Waals surface area contributed by atoms with Crippen LogP contribution in [0.1, 0.15) is 11.1 Å². The number of halogens is 1. The minimum atomic E-state index is 0.0696. The Balaban J connectivity index is 1.60. The van der Waals surface area contributed by atoms with E-state index in [0.29, 0.717) is 23.6 Å². The molecule has 2 aromatic carbocycles. The molecule has 0 radical (unpaired) electrons. The van der Waals surface area contributed by atoms with Gasteiger partial charge in [-0.15, -0.1) is 0 Å². The first-order chi connectivity index (χ1) is 14.9. The largest absolute Gasteiger partial charge is 0.494 e. The number of para-hydroxylation sites is 1. The number of aromatic amines is 1. The predicted molar refractivity (Wildman–Crippen MR) is 128 cm³/mol. The quantitative estimate of drug-likeness (QED) is 0.339. The Labute approximate surface area is 190 Å². The summed E-state index contributed by atoms with van der Waals surface area (Å²) < 4.78 is 0.926. The average Bonchev–Trinajstić information content (AvgIpc) is 3.25. The molecule has 0 amide bonds. The Morgan fingerprint density at radius 3 is 2.81 bits per heavy atom. The molecule has 31 heavy (non-hydrogen) atoms. The fourth-order valence-corrected chi connectivity index (χ4v) is 3.96. The Bertz CT molecular complexity index is 1150. The summed E-state index contributed by atoms with van der Waals surface area (Å²) in [4.78, 5) is 17.1. The highest BCUT2D eigenvalue weighted by atomic mass is 79.9. The van der Waals surface area contributed by atoms with Crippen LogP contribution in [0.25, 0.3) is 10.9 Å². The highest BCUT2D eigenvalue weighted by molar-refractivity contribution is 9.10. The highest BCUT2D eigenvalue weighted by Crippen LogP contribution is 2.36. The molecule has 8 heteroatoms. The molecule has 1 unspecified atom stereocenters. The molecule has 0 saturated carbocycles. The average molecular weight is 485 g/mol. The summed E-state index contributed by atoms with van der Waals surface area (Å²) in [5.74, 6) is 0.0696. The lowest BCUT2D eigenvalue weighted by Crippen LogP contribution is -3.10. The molecule has 1 aliphatic heterocycles. The van der Waals surface area contributed by atoms with E-state index in [-0.39, 0.29) is 5.88 Å². The maximum absolute atomic E-state index is 10.7. The van der Waals surface area contributed by atoms with Crippen LogP contribution in [-0.2, 0) is 4.84 Å². The van der Waals surface area contributed by atoms with Crippen LogP contribution < -0.4 is 4.90 Å². The maximum Gasteiger partial charge on any atom is 0.199 e. The zero-order valence-electron chi connectivity index (χ0n) is 17.9. The third-order valence-corrected chi connectivity index (χ3v) is 5.85. The second-order valence-corrected chi connectivity index (χ2v) is 8.97. The summed E-state index contributed by atoms with van der Waals surface area (Å²) in [6, 6.07) is 13.6. The van der Waals surface area contributed by atoms with E-state index in [1.54, 1.807) is 0 Å². The molecule has 0 fully saturated rings. The van der Waals surface area contributed by atoms with Gasteiger partial charge in [-0.2, -0.15) is 0 Å². The molecule has 4 rings (SSSR count). The fourth-order valence-electron chi connectivity index (χ4n) is 3.60. The van der Waals surface area contributed by atoms with E-state index in [1.165, 1.54) is 4.90 Å². The molecule has 1 atom stereocenters. The van der Waals surface area contributed by atoms with Crippen molar-refractivity contribution in [1.82, 2.24) is 9.88 Å². The van der Waals surface area contributed by atoms with E-state index in [0.717, 1.165) is 46.3 Å². The van der Waals surface area contributed by atoms with E-state index < -0.39 is 0 Å². The summed E-state index contributed by atoms with van der Waals surface area (Å²) >= 11 is 3.52. The van der Waals surface area contributed by atoms with Gasteiger partial charge in [0.15, 0.2) is 12.5 Å². The van der Waals surface area contributed by atoms with Gasteiger partial charge in [-0.1, -0.05) is 39.3 Å². The van der Waals surface area contributed by atoms with Crippen LogP contribution >= 0.6 is 15.9 Å². The Morgan fingerprint density at radius 1 is 1.19 bits per heavy atom. The molecule has 1 aliphatic rings. The number of rotatable bonds is 8. The van der Waals surface area contributed by atoms with Crippen molar-refractivity contribution in [2.24, 2.45) is 10.1 Å². The third-order valence-electron chi connectivity index (χ3n) is 5.36. The second-order valence-electron chi connectivity index (χ2n) is 8.05. The highest BCUT2D eigenvalue weighted by Gasteiger charge is 2.29. The van der Waals surface area contributed by atoms with Crippen molar-refractivity contribution in [3.05, 3.63) is 58.1 Å². The number of hydrogen-bond donors (Lipinski definition) is 3. The minimum Gasteiger partial charge on any atom is -0.494 e. The van der Waals surface area contributed by atoms with Crippen LogP contribution in [0, 0.1) is 0 Å². The monoisotopic (exact) mass is 484 g/mol. The molecule has 2 heterocycles. The number of H-pyrrole nitrogens is 1. The third kappa shape index (κ3) is 4.66. The van der Waals surface area contributed by atoms with Crippen LogP contribution in [0.15, 0.2) is 57.1 Å². The Hall–Kier alpha value is -2.68. The first-order valence-corrected chi connectivity index (χ1v) is 11.1. The van der Waals surface area contributed by atoms with Crippen LogP contribution in [0.2, 0.25) is 0 Å². The number of aliphatic imine (C=N–C) groups is 1. The summed E-state index contributed by atoms with van der Waals surface area (Å²) in [7, 11) is 6.30. The zero-order chi connectivity index (χ0) is 22.0. The first-order valence-electron chi connectivity index (χ1n) is 10.3. The standard InChI is InChI=1S/C23H26BrN5O2/c1-28(2)10-11-29(3)12-13-31-27-21-16-6-4-5-7-18(16)25-22(21)20-17-14-15(24)8-9-19(17)26-23(20)30/h4-9,14,26,30H,10-13H2,1-3H3/p+1. The Morgan fingerprint density at radius 2 is 2.00 bits per heavy atom. The summed E-state index contributed by atoms with van der Waals surface area (Å²) in [5.41, 5.74) is 4.42. The van der Waals surface area contributed by atoms with Gasteiger partial charge in [-0.3, -0.25) is 0 Å². The van der Waals surface area contributed by atoms with Gasteiger partial charge in [0, 0.05) is 27.5 Å². The van der Waals surface area contributed by atoms with E-state index in [2.05, 4.69) is 52.1 Å². The fraction of sp³-hybridized carbons (Fsp3) is 0.304. The van der Waals surface area contributed by atoms with Crippen molar-refractivity contribution in [1.29, 1.82) is 0 Å². The van der Waals surface area contributed by atoms with E-state index in [1.807, 2.05) is 42.5 Å². The number of nitrogens with zero attached hydrogens (tertiary/aromatic N) is 3. The molecule has 0 saturated heterocycles. The van der Waals surface area contributed by atoms with Crippen molar-refractivity contribution < 1.29 is 14.8 Å². The summed E-state index contributed by atoms with van der Waals surface area (Å²) in [5, 5.41) is 16.0. The number of aromatic nitrogens is 1. The van der Waals surface area contributed by atoms with Crippen LogP contribution in [0.3, 0.4) is 0 Å². The molecule has 162 valence electrons. The predicted octanol–water partition coefficient (Wildman–Crippen LogP) is 2.57. The van der Waals surface area contributed by atoms with Gasteiger partial charge in [-0.05, 0) is 38.4 Å². The number of quaternary nitrogens is 1. The van der Waals surface area contributed by atoms with Gasteiger partial charge in [0.1, 0.15) is 18.0 Å². The number of benzene rings is 2. The van der Waals surface area contributed by atoms with E-state index in [4.69, 9.17) is 9.83 Å². The lowest BCUT2D eigenvalue weighted by Gasteiger charge is -2.16. The molecule has 0 spiro atoms. The number of hydrogen-bond acceptors (Lipinski definition) is 5. The van der Waals surface area contributed by atoms with Gasteiger partial charge in [0.2, 0.25) is 0 Å². The van der Waals surface area contributed by atoms with Crippen LogP contribution in [0.5, 0.6) is 5.88 Å². The van der Waals surface area contributed by atoms with E-state index >= 15 is 0 Å². The summed E-state index contributed by atoms with van der Waals surface area (Å²) in [6.07, 6.45) is 0. The topological polar surface area (TPSA) is 77.6 Å². The maximum atomic E-state index is 10.7. The summed E-state index contributed by atoms with van der Waals surface area (Å²) in [6.45, 7) is 3.42. The van der Waals surface area contributed by atoms with Gasteiger partial charge in [0.25, 0.3) is 0 Å². The molecule has 3 aromatic rings. The number of fused-ring (bicyclic) bond motifs is 2. The molecule has 1 aromatic heterocycles. The van der Waals surface area contributed by atoms with Crippen molar-refractivity contribution in [3.8, 4) is 5.88 Å². The molecular formula is C23H27BrN5O2+. The number of aromatic hydroxyl groups is 1. The number of oxime groups is 1. The van der Waals surface area contributed by atoms with Crippen molar-refractivity contribution in [3.63, 3.8) is 0 Å². The molecule has 0 aliphatic carbocycles. The van der Waals surface area contributed by atoms with Crippen molar-refractivity contribution >= 4 is 43.9 Å². The molecular weight excluding hydrogens is 458 g/mol. The molecule has 7 nitrogen and oxygen atoms in total. The van der Waals surface area contributed by atoms with Gasteiger partial charge >= 0.3 is 0 Å². The number of likely N-dealkylation sites (N-methyl/N-ethyl adjacent to an activating group) is 2. The van der Waals surface area contributed by atoms with Crippen LogP contribution in [-0.4, -0.2) is 73.8 Å². The Kier molecular flexibility index (Phi) is 6.41. The zero-order valence-corrected chi connectivity index (χ0v) is 19.5. The smallest absolute Gasteiger partial charge is 0.199 e. The SMILES string of the molecule is CN(C)CC[NH+](C)CCON=C1C(c2c(O)[nH]c3ccc(Br)cc23)=Nc2ccccc21. The first kappa shape index (κ1) is 21.5. The number of nitrogens with one attached hydrogen (secondary N) is 2. The van der Waals surface area contributed by atoms with Crippen molar-refractivity contribution in [2.45, 2.75) is 0 Å². The van der Waals surface area contributed by atoms with Crippen LogP contribution in [0.4, 0.5) is 5.69 Å². The van der Waals surface area contributed by atoms with Gasteiger partial charge in [0.05, 0.1) is 24.8 Å². The lowest BCUT2D eigenvalue weighted by molar-refractivity contribution is -0.879. The van der Waals surface area contributed by atoms with Crippen molar-refractivity contribution in [2.75, 3.05) is 47.4 Å². The minimum absolute atomic E-state index is 0.0696. The second kappa shape index (κ2) is 9.21. The molecule has 3 N–H and O–H groups in total. The van der Waals surface area contributed by atoms with Gasteiger partial charge in [-0.25, -0.2) is 4.99 Å². The molecule has 0 bridgehead atoms. The lowest BCUT2D eigenvalue weighted by atomic mass is 10.0. The van der Waals surface area contributed by atoms with E-state index in [9.17, 15) is 5.11 Å². The normalized spacial score (nSPS) is 15.5.